The molecule has 0 bridgehead atoms. The Kier molecular flexibility index (Phi) is 4.16. The largest absolute Gasteiger partial charge is 0.496 e. The van der Waals surface area contributed by atoms with Crippen LogP contribution in [0, 0.1) is 12.8 Å². The first-order chi connectivity index (χ1) is 8.76. The predicted octanol–water partition coefficient (Wildman–Crippen LogP) is 3.57. The molecule has 0 aromatic heterocycles. The average molecular weight is 245 g/mol. The quantitative estimate of drug-likeness (QED) is 0.601. The van der Waals surface area contributed by atoms with Gasteiger partial charge in [0.15, 0.2) is 0 Å². The summed E-state index contributed by atoms with van der Waals surface area (Å²) in [7, 11) is 1.67. The Bertz CT molecular complexity index is 458. The van der Waals surface area contributed by atoms with Gasteiger partial charge in [0, 0.05) is 0 Å². The molecule has 0 N–H and O–H groups in total. The molecule has 3 heteroatoms. The maximum Gasteiger partial charge on any atom is 0.235 e. The van der Waals surface area contributed by atoms with Crippen molar-refractivity contribution in [3.8, 4) is 5.75 Å². The Balaban J connectivity index is 2.30. The molecule has 0 heterocycles. The van der Waals surface area contributed by atoms with E-state index in [1.807, 2.05) is 19.1 Å². The summed E-state index contributed by atoms with van der Waals surface area (Å²) in [6, 6.07) is 6.00. The van der Waals surface area contributed by atoms with Crippen LogP contribution in [0.1, 0.15) is 42.9 Å². The van der Waals surface area contributed by atoms with E-state index >= 15 is 0 Å². The number of carbonyl (C=O) groups excluding carboxylic acids is 1. The molecule has 1 aromatic carbocycles. The molecule has 1 unspecified atom stereocenters. The zero-order valence-electron chi connectivity index (χ0n) is 11.0. The molecule has 0 radical (unpaired) electrons. The van der Waals surface area contributed by atoms with Gasteiger partial charge in [-0.15, -0.1) is 0 Å². The van der Waals surface area contributed by atoms with Crippen molar-refractivity contribution < 1.29 is 9.53 Å². The number of hydrogen-bond acceptors (Lipinski definition) is 3. The topological polar surface area (TPSA) is 38.7 Å². The van der Waals surface area contributed by atoms with Gasteiger partial charge < -0.3 is 4.74 Å². The van der Waals surface area contributed by atoms with Crippen molar-refractivity contribution in [2.45, 2.75) is 38.6 Å². The van der Waals surface area contributed by atoms with E-state index in [-0.39, 0.29) is 6.04 Å². The van der Waals surface area contributed by atoms with Crippen LogP contribution in [-0.2, 0) is 4.79 Å². The molecule has 1 saturated carbocycles. The van der Waals surface area contributed by atoms with Gasteiger partial charge in [-0.2, -0.15) is 4.99 Å². The lowest BCUT2D eigenvalue weighted by Crippen LogP contribution is -2.07. The lowest BCUT2D eigenvalue weighted by Gasteiger charge is -2.19. The Morgan fingerprint density at radius 3 is 2.67 bits per heavy atom. The Hall–Kier alpha value is -1.60. The number of nitrogens with zero attached hydrogens (tertiary/aromatic N) is 1. The molecule has 1 aromatic rings. The third-order valence-electron chi connectivity index (χ3n) is 3.80. The SMILES string of the molecule is COc1ccc(C(N=C=O)C2CCCC2)cc1C. The van der Waals surface area contributed by atoms with Gasteiger partial charge in [-0.25, -0.2) is 4.79 Å². The number of benzene rings is 1. The van der Waals surface area contributed by atoms with E-state index in [1.54, 1.807) is 13.2 Å². The highest BCUT2D eigenvalue weighted by Gasteiger charge is 2.26. The molecule has 1 aliphatic rings. The van der Waals surface area contributed by atoms with E-state index in [0.717, 1.165) is 29.7 Å². The van der Waals surface area contributed by atoms with Crippen LogP contribution in [0.15, 0.2) is 23.2 Å². The summed E-state index contributed by atoms with van der Waals surface area (Å²) in [6.07, 6.45) is 6.52. The molecule has 1 fully saturated rings. The fourth-order valence-corrected chi connectivity index (χ4v) is 2.87. The van der Waals surface area contributed by atoms with Gasteiger partial charge in [0.2, 0.25) is 6.08 Å². The Morgan fingerprint density at radius 2 is 2.11 bits per heavy atom. The normalized spacial score (nSPS) is 17.2. The minimum Gasteiger partial charge on any atom is -0.496 e. The molecule has 1 atom stereocenters. The molecule has 2 rings (SSSR count). The summed E-state index contributed by atoms with van der Waals surface area (Å²) in [4.78, 5) is 14.7. The Morgan fingerprint density at radius 1 is 1.39 bits per heavy atom. The smallest absolute Gasteiger partial charge is 0.235 e. The highest BCUT2D eigenvalue weighted by Crippen LogP contribution is 2.38. The third-order valence-corrected chi connectivity index (χ3v) is 3.80. The van der Waals surface area contributed by atoms with Crippen molar-refractivity contribution in [2.75, 3.05) is 7.11 Å². The van der Waals surface area contributed by atoms with Gasteiger partial charge in [-0.1, -0.05) is 25.0 Å². The number of isocyanates is 1. The zero-order valence-corrected chi connectivity index (χ0v) is 11.0. The van der Waals surface area contributed by atoms with E-state index in [9.17, 15) is 4.79 Å². The summed E-state index contributed by atoms with van der Waals surface area (Å²) in [5, 5.41) is 0. The summed E-state index contributed by atoms with van der Waals surface area (Å²) >= 11 is 0. The van der Waals surface area contributed by atoms with Crippen LogP contribution in [0.2, 0.25) is 0 Å². The van der Waals surface area contributed by atoms with Crippen LogP contribution in [0.4, 0.5) is 0 Å². The fraction of sp³-hybridized carbons (Fsp3) is 0.533. The van der Waals surface area contributed by atoms with Gasteiger partial charge in [0.1, 0.15) is 5.75 Å². The average Bonchev–Trinajstić information content (AvgIpc) is 2.89. The highest BCUT2D eigenvalue weighted by atomic mass is 16.5. The lowest BCUT2D eigenvalue weighted by atomic mass is 9.91. The van der Waals surface area contributed by atoms with Crippen molar-refractivity contribution in [2.24, 2.45) is 10.9 Å². The van der Waals surface area contributed by atoms with E-state index in [0.29, 0.717) is 5.92 Å². The van der Waals surface area contributed by atoms with Crippen molar-refractivity contribution >= 4 is 6.08 Å². The first kappa shape index (κ1) is 12.8. The van der Waals surface area contributed by atoms with Crippen molar-refractivity contribution in [3.05, 3.63) is 29.3 Å². The fourth-order valence-electron chi connectivity index (χ4n) is 2.87. The third kappa shape index (κ3) is 2.62. The first-order valence-corrected chi connectivity index (χ1v) is 6.47. The summed E-state index contributed by atoms with van der Waals surface area (Å²) in [5.74, 6) is 1.36. The van der Waals surface area contributed by atoms with Gasteiger partial charge >= 0.3 is 0 Å². The number of hydrogen-bond donors (Lipinski definition) is 0. The molecule has 96 valence electrons. The van der Waals surface area contributed by atoms with Crippen LogP contribution < -0.4 is 4.74 Å². The van der Waals surface area contributed by atoms with Gasteiger partial charge in [-0.3, -0.25) is 0 Å². The number of methoxy groups -OCH3 is 1. The number of rotatable bonds is 4. The van der Waals surface area contributed by atoms with Crippen LogP contribution in [0.25, 0.3) is 0 Å². The minimum absolute atomic E-state index is 0.0328. The molecule has 3 nitrogen and oxygen atoms in total. The Labute approximate surface area is 108 Å². The molecule has 0 saturated heterocycles. The molecule has 18 heavy (non-hydrogen) atoms. The predicted molar refractivity (Wildman–Crippen MR) is 70.6 cm³/mol. The summed E-state index contributed by atoms with van der Waals surface area (Å²) in [6.45, 7) is 2.01. The van der Waals surface area contributed by atoms with Crippen molar-refractivity contribution in [3.63, 3.8) is 0 Å². The van der Waals surface area contributed by atoms with Gasteiger partial charge in [-0.05, 0) is 42.9 Å². The van der Waals surface area contributed by atoms with E-state index in [1.165, 1.54) is 12.8 Å². The van der Waals surface area contributed by atoms with Gasteiger partial charge in [0.05, 0.1) is 13.2 Å². The highest BCUT2D eigenvalue weighted by molar-refractivity contribution is 5.40. The van der Waals surface area contributed by atoms with Crippen LogP contribution in [0.5, 0.6) is 5.75 Å². The van der Waals surface area contributed by atoms with E-state index in [4.69, 9.17) is 4.74 Å². The van der Waals surface area contributed by atoms with Crippen LogP contribution in [-0.4, -0.2) is 13.2 Å². The van der Waals surface area contributed by atoms with E-state index in [2.05, 4.69) is 11.1 Å². The summed E-state index contributed by atoms with van der Waals surface area (Å²) < 4.78 is 5.26. The standard InChI is InChI=1S/C15H19NO2/c1-11-9-13(7-8-14(11)18-2)15(16-10-17)12-5-3-4-6-12/h7-9,12,15H,3-6H2,1-2H3. The van der Waals surface area contributed by atoms with Crippen molar-refractivity contribution in [1.29, 1.82) is 0 Å². The minimum atomic E-state index is -0.0328. The second-order valence-electron chi connectivity index (χ2n) is 4.94. The maximum atomic E-state index is 10.6. The molecule has 0 spiro atoms. The summed E-state index contributed by atoms with van der Waals surface area (Å²) in [5.41, 5.74) is 2.18. The van der Waals surface area contributed by atoms with Gasteiger partial charge in [0.25, 0.3) is 0 Å². The van der Waals surface area contributed by atoms with Crippen LogP contribution >= 0.6 is 0 Å². The zero-order chi connectivity index (χ0) is 13.0. The maximum absolute atomic E-state index is 10.6. The molecule has 0 aliphatic heterocycles. The molecule has 1 aliphatic carbocycles. The molecule has 0 amide bonds. The second kappa shape index (κ2) is 5.83. The van der Waals surface area contributed by atoms with Crippen molar-refractivity contribution in [1.82, 2.24) is 0 Å². The second-order valence-corrected chi connectivity index (χ2v) is 4.94. The van der Waals surface area contributed by atoms with Crippen LogP contribution in [0.3, 0.4) is 0 Å². The lowest BCUT2D eigenvalue weighted by molar-refractivity contribution is 0.409. The number of aliphatic imine (C=N–C) groups is 1. The molecular formula is C15H19NO2. The van der Waals surface area contributed by atoms with E-state index < -0.39 is 0 Å². The number of ether oxygens (including phenoxy) is 1. The number of aryl methyl sites for hydroxylation is 1. The first-order valence-electron chi connectivity index (χ1n) is 6.47. The molecular weight excluding hydrogens is 226 g/mol. The monoisotopic (exact) mass is 245 g/mol.